The summed E-state index contributed by atoms with van der Waals surface area (Å²) in [7, 11) is 0. The summed E-state index contributed by atoms with van der Waals surface area (Å²) in [6.07, 6.45) is 2.21. The number of rotatable bonds is 4. The van der Waals surface area contributed by atoms with Crippen molar-refractivity contribution in [2.45, 2.75) is 25.9 Å². The zero-order chi connectivity index (χ0) is 8.10. The quantitative estimate of drug-likeness (QED) is 0.703. The Morgan fingerprint density at radius 1 is 1.73 bits per heavy atom. The minimum Gasteiger partial charge on any atom is -0.302 e. The first-order chi connectivity index (χ1) is 5.33. The fourth-order valence-corrected chi connectivity index (χ4v) is 1.58. The number of hydrogen-bond donors (Lipinski definition) is 1. The Labute approximate surface area is 70.9 Å². The van der Waals surface area contributed by atoms with Crippen LogP contribution in [0, 0.1) is 0 Å². The van der Waals surface area contributed by atoms with Crippen molar-refractivity contribution < 1.29 is 4.84 Å². The first-order valence-electron chi connectivity index (χ1n) is 3.69. The van der Waals surface area contributed by atoms with E-state index in [1.54, 1.807) is 11.3 Å². The van der Waals surface area contributed by atoms with Gasteiger partial charge in [0.15, 0.2) is 0 Å². The lowest BCUT2D eigenvalue weighted by Gasteiger charge is -2.05. The summed E-state index contributed by atoms with van der Waals surface area (Å²) in [5.41, 5.74) is 1.37. The molecule has 62 valence electrons. The van der Waals surface area contributed by atoms with E-state index in [-0.39, 0.29) is 6.10 Å². The summed E-state index contributed by atoms with van der Waals surface area (Å²) in [5, 5.41) is 4.24. The zero-order valence-electron chi connectivity index (χ0n) is 6.62. The van der Waals surface area contributed by atoms with E-state index in [4.69, 9.17) is 5.90 Å². The van der Waals surface area contributed by atoms with Gasteiger partial charge in [-0.3, -0.25) is 0 Å². The van der Waals surface area contributed by atoms with Crippen LogP contribution < -0.4 is 5.90 Å². The van der Waals surface area contributed by atoms with Gasteiger partial charge in [0.05, 0.1) is 6.10 Å². The third-order valence-corrected chi connectivity index (χ3v) is 2.38. The zero-order valence-corrected chi connectivity index (χ0v) is 7.43. The fraction of sp³-hybridized carbons (Fsp3) is 0.500. The molecular weight excluding hydrogens is 158 g/mol. The van der Waals surface area contributed by atoms with Crippen molar-refractivity contribution in [2.75, 3.05) is 0 Å². The molecule has 0 aliphatic rings. The van der Waals surface area contributed by atoms with E-state index in [0.717, 1.165) is 12.8 Å². The van der Waals surface area contributed by atoms with Crippen LogP contribution in [0.2, 0.25) is 0 Å². The summed E-state index contributed by atoms with van der Waals surface area (Å²) >= 11 is 1.73. The summed E-state index contributed by atoms with van der Waals surface area (Å²) < 4.78 is 0. The maximum absolute atomic E-state index is 5.01. The molecule has 1 aromatic rings. The molecular formula is C8H13NOS. The molecule has 11 heavy (non-hydrogen) atoms. The Bertz CT molecular complexity index is 186. The van der Waals surface area contributed by atoms with Crippen molar-refractivity contribution in [1.82, 2.24) is 0 Å². The van der Waals surface area contributed by atoms with Crippen LogP contribution in [0.15, 0.2) is 16.8 Å². The molecule has 1 heterocycles. The van der Waals surface area contributed by atoms with E-state index in [1.807, 2.05) is 6.92 Å². The molecule has 0 aromatic carbocycles. The summed E-state index contributed by atoms with van der Waals surface area (Å²) in [6.45, 7) is 1.98. The van der Waals surface area contributed by atoms with Crippen LogP contribution in [0.4, 0.5) is 0 Å². The number of hydrogen-bond acceptors (Lipinski definition) is 3. The molecule has 2 nitrogen and oxygen atoms in total. The van der Waals surface area contributed by atoms with Crippen LogP contribution in [0.1, 0.15) is 18.9 Å². The lowest BCUT2D eigenvalue weighted by Crippen LogP contribution is -2.13. The molecule has 0 aliphatic heterocycles. The van der Waals surface area contributed by atoms with E-state index >= 15 is 0 Å². The molecule has 0 radical (unpaired) electrons. The van der Waals surface area contributed by atoms with Crippen molar-refractivity contribution in [3.63, 3.8) is 0 Å². The second-order valence-electron chi connectivity index (χ2n) is 2.62. The molecule has 2 N–H and O–H groups in total. The van der Waals surface area contributed by atoms with Crippen molar-refractivity contribution in [2.24, 2.45) is 5.90 Å². The van der Waals surface area contributed by atoms with Gasteiger partial charge in [0.25, 0.3) is 0 Å². The van der Waals surface area contributed by atoms with Crippen molar-refractivity contribution in [3.05, 3.63) is 22.4 Å². The van der Waals surface area contributed by atoms with E-state index in [2.05, 4.69) is 21.7 Å². The monoisotopic (exact) mass is 171 g/mol. The Kier molecular flexibility index (Phi) is 3.56. The number of nitrogens with two attached hydrogens (primary N) is 1. The molecule has 0 saturated carbocycles. The lowest BCUT2D eigenvalue weighted by atomic mass is 10.1. The largest absolute Gasteiger partial charge is 0.302 e. The topological polar surface area (TPSA) is 35.2 Å². The highest BCUT2D eigenvalue weighted by atomic mass is 32.1. The van der Waals surface area contributed by atoms with Gasteiger partial charge in [0, 0.05) is 0 Å². The van der Waals surface area contributed by atoms with Crippen LogP contribution in [-0.2, 0) is 11.3 Å². The van der Waals surface area contributed by atoms with Gasteiger partial charge in [-0.1, -0.05) is 0 Å². The van der Waals surface area contributed by atoms with Gasteiger partial charge < -0.3 is 4.84 Å². The number of thiophene rings is 1. The average molecular weight is 171 g/mol. The highest BCUT2D eigenvalue weighted by Gasteiger charge is 2.00. The highest BCUT2D eigenvalue weighted by Crippen LogP contribution is 2.09. The Morgan fingerprint density at radius 2 is 2.55 bits per heavy atom. The second-order valence-corrected chi connectivity index (χ2v) is 3.40. The van der Waals surface area contributed by atoms with E-state index in [0.29, 0.717) is 0 Å². The van der Waals surface area contributed by atoms with Crippen LogP contribution in [0.3, 0.4) is 0 Å². The first kappa shape index (κ1) is 8.71. The maximum atomic E-state index is 5.01. The normalized spacial score (nSPS) is 13.3. The average Bonchev–Trinajstić information content (AvgIpc) is 2.52. The Balaban J connectivity index is 2.23. The molecule has 0 spiro atoms. The van der Waals surface area contributed by atoms with Gasteiger partial charge in [-0.25, -0.2) is 5.90 Å². The SMILES string of the molecule is CC(CCc1ccsc1)ON. The van der Waals surface area contributed by atoms with Crippen molar-refractivity contribution in [3.8, 4) is 0 Å². The van der Waals surface area contributed by atoms with Crippen LogP contribution >= 0.6 is 11.3 Å². The fourth-order valence-electron chi connectivity index (χ4n) is 0.873. The van der Waals surface area contributed by atoms with Crippen LogP contribution in [0.5, 0.6) is 0 Å². The van der Waals surface area contributed by atoms with E-state index < -0.39 is 0 Å². The molecule has 1 atom stereocenters. The van der Waals surface area contributed by atoms with Crippen LogP contribution in [-0.4, -0.2) is 6.10 Å². The summed E-state index contributed by atoms with van der Waals surface area (Å²) in [5.74, 6) is 5.01. The van der Waals surface area contributed by atoms with Gasteiger partial charge >= 0.3 is 0 Å². The Hall–Kier alpha value is -0.380. The molecule has 1 unspecified atom stereocenters. The maximum Gasteiger partial charge on any atom is 0.0762 e. The Morgan fingerprint density at radius 3 is 3.09 bits per heavy atom. The third kappa shape index (κ3) is 3.01. The second kappa shape index (κ2) is 4.49. The lowest BCUT2D eigenvalue weighted by molar-refractivity contribution is 0.0610. The minimum atomic E-state index is 0.162. The van der Waals surface area contributed by atoms with E-state index in [1.165, 1.54) is 5.56 Å². The van der Waals surface area contributed by atoms with Crippen molar-refractivity contribution in [1.29, 1.82) is 0 Å². The first-order valence-corrected chi connectivity index (χ1v) is 4.64. The minimum absolute atomic E-state index is 0.162. The third-order valence-electron chi connectivity index (χ3n) is 1.65. The number of aryl methyl sites for hydroxylation is 1. The van der Waals surface area contributed by atoms with Crippen LogP contribution in [0.25, 0.3) is 0 Å². The van der Waals surface area contributed by atoms with E-state index in [9.17, 15) is 0 Å². The molecule has 0 amide bonds. The molecule has 0 fully saturated rings. The molecule has 0 aliphatic carbocycles. The highest BCUT2D eigenvalue weighted by molar-refractivity contribution is 7.07. The molecule has 1 aromatic heterocycles. The predicted molar refractivity (Wildman–Crippen MR) is 47.4 cm³/mol. The van der Waals surface area contributed by atoms with Gasteiger partial charge in [0.2, 0.25) is 0 Å². The van der Waals surface area contributed by atoms with Gasteiger partial charge in [-0.15, -0.1) is 0 Å². The van der Waals surface area contributed by atoms with Gasteiger partial charge in [-0.05, 0) is 42.2 Å². The molecule has 0 saturated heterocycles. The van der Waals surface area contributed by atoms with Crippen molar-refractivity contribution >= 4 is 11.3 Å². The summed E-state index contributed by atoms with van der Waals surface area (Å²) in [6, 6.07) is 2.13. The molecule has 1 rings (SSSR count). The van der Waals surface area contributed by atoms with Gasteiger partial charge in [-0.2, -0.15) is 11.3 Å². The standard InChI is InChI=1S/C8H13NOS/c1-7(10-9)2-3-8-4-5-11-6-8/h4-7H,2-3,9H2,1H3. The predicted octanol–water partition coefficient (Wildman–Crippen LogP) is 1.96. The smallest absolute Gasteiger partial charge is 0.0762 e. The molecule has 3 heteroatoms. The summed E-state index contributed by atoms with van der Waals surface area (Å²) in [4.78, 5) is 4.65. The molecule has 0 bridgehead atoms. The van der Waals surface area contributed by atoms with Gasteiger partial charge in [0.1, 0.15) is 0 Å².